The Morgan fingerprint density at radius 3 is 3.10 bits per heavy atom. The predicted octanol–water partition coefficient (Wildman–Crippen LogP) is 2.46. The van der Waals surface area contributed by atoms with Gasteiger partial charge in [0.15, 0.2) is 0 Å². The molecule has 2 heteroatoms. The molecule has 5 unspecified atom stereocenters. The van der Waals surface area contributed by atoms with Gasteiger partial charge in [-0.25, -0.2) is 0 Å². The van der Waals surface area contributed by atoms with E-state index in [2.05, 4.69) is 30.4 Å². The molecule has 0 amide bonds. The van der Waals surface area contributed by atoms with Gasteiger partial charge in [0, 0.05) is 12.1 Å². The fourth-order valence-corrected chi connectivity index (χ4v) is 6.25. The lowest BCUT2D eigenvalue weighted by Crippen LogP contribution is -2.49. The molecule has 1 N–H and O–H groups in total. The summed E-state index contributed by atoms with van der Waals surface area (Å²) in [6.45, 7) is 3.11. The summed E-state index contributed by atoms with van der Waals surface area (Å²) < 4.78 is 0. The Balaban J connectivity index is 1.37. The van der Waals surface area contributed by atoms with Gasteiger partial charge in [0.1, 0.15) is 7.85 Å². The molecule has 5 atom stereocenters. The molecule has 1 aromatic carbocycles. The summed E-state index contributed by atoms with van der Waals surface area (Å²) in [7, 11) is 6.13. The molecule has 0 aromatic heterocycles. The standard InChI is InChI=1S/C18H22BN/c1-11-2-3-16(19)14(4-11)9-20-18-7-12-5-13-8-17(18,10-18)15(13)6-12/h2-4,12-13,15,20H,5-10H2,1H3. The van der Waals surface area contributed by atoms with Crippen LogP contribution in [-0.2, 0) is 6.54 Å². The summed E-state index contributed by atoms with van der Waals surface area (Å²) in [6.07, 6.45) is 7.47. The van der Waals surface area contributed by atoms with Crippen LogP contribution < -0.4 is 10.8 Å². The average molecular weight is 263 g/mol. The van der Waals surface area contributed by atoms with Crippen molar-refractivity contribution in [2.75, 3.05) is 0 Å². The monoisotopic (exact) mass is 263 g/mol. The quantitative estimate of drug-likeness (QED) is 0.826. The number of aryl methyl sites for hydroxylation is 1. The van der Waals surface area contributed by atoms with Crippen molar-refractivity contribution in [2.45, 2.75) is 51.1 Å². The summed E-state index contributed by atoms with van der Waals surface area (Å²) in [5.41, 5.74) is 4.74. The Hall–Kier alpha value is -0.755. The number of nitrogens with one attached hydrogen (secondary N) is 1. The van der Waals surface area contributed by atoms with E-state index in [9.17, 15) is 0 Å². The zero-order chi connectivity index (χ0) is 13.5. The second kappa shape index (κ2) is 3.52. The summed E-state index contributed by atoms with van der Waals surface area (Å²) in [6, 6.07) is 6.40. The minimum absolute atomic E-state index is 0.490. The molecule has 0 saturated heterocycles. The highest BCUT2D eigenvalue weighted by Crippen LogP contribution is 2.82. The van der Waals surface area contributed by atoms with E-state index in [1.54, 1.807) is 6.42 Å². The molecule has 4 aliphatic rings. The highest BCUT2D eigenvalue weighted by atomic mass is 15.1. The van der Waals surface area contributed by atoms with Gasteiger partial charge in [-0.3, -0.25) is 0 Å². The Morgan fingerprint density at radius 1 is 1.30 bits per heavy atom. The third-order valence-electron chi connectivity index (χ3n) is 7.13. The second-order valence-corrected chi connectivity index (χ2v) is 8.08. The van der Waals surface area contributed by atoms with E-state index >= 15 is 0 Å². The van der Waals surface area contributed by atoms with E-state index in [1.807, 2.05) is 0 Å². The maximum Gasteiger partial charge on any atom is 0.114 e. The number of hydrogen-bond donors (Lipinski definition) is 1. The number of benzene rings is 1. The van der Waals surface area contributed by atoms with Gasteiger partial charge in [-0.1, -0.05) is 29.2 Å². The maximum absolute atomic E-state index is 6.13. The fraction of sp³-hybridized carbons (Fsp3) is 0.667. The first kappa shape index (κ1) is 11.9. The number of fused-ring (bicyclic) bond motifs is 1. The van der Waals surface area contributed by atoms with E-state index in [4.69, 9.17) is 7.85 Å². The van der Waals surface area contributed by atoms with Crippen molar-refractivity contribution in [1.82, 2.24) is 5.32 Å². The Bertz CT molecular complexity index is 597. The lowest BCUT2D eigenvalue weighted by Gasteiger charge is -2.47. The van der Waals surface area contributed by atoms with Crippen molar-refractivity contribution in [2.24, 2.45) is 23.2 Å². The fourth-order valence-electron chi connectivity index (χ4n) is 6.25. The average Bonchev–Trinajstić information content (AvgIpc) is 3.01. The first-order valence-electron chi connectivity index (χ1n) is 8.22. The normalized spacial score (nSPS) is 46.8. The molecular weight excluding hydrogens is 241 g/mol. The minimum Gasteiger partial charge on any atom is -0.307 e. The molecule has 1 nitrogen and oxygen atoms in total. The van der Waals surface area contributed by atoms with Gasteiger partial charge < -0.3 is 5.32 Å². The van der Waals surface area contributed by atoms with Gasteiger partial charge in [-0.05, 0) is 67.8 Å². The van der Waals surface area contributed by atoms with Crippen LogP contribution in [0.2, 0.25) is 0 Å². The third kappa shape index (κ3) is 1.30. The molecule has 5 rings (SSSR count). The highest BCUT2D eigenvalue weighted by molar-refractivity contribution is 6.33. The van der Waals surface area contributed by atoms with E-state index in [0.717, 1.165) is 29.8 Å². The molecule has 2 bridgehead atoms. The van der Waals surface area contributed by atoms with E-state index in [1.165, 1.54) is 36.8 Å². The van der Waals surface area contributed by atoms with Crippen molar-refractivity contribution in [3.05, 3.63) is 29.3 Å². The van der Waals surface area contributed by atoms with Gasteiger partial charge in [0.25, 0.3) is 0 Å². The molecule has 2 radical (unpaired) electrons. The van der Waals surface area contributed by atoms with Gasteiger partial charge >= 0.3 is 0 Å². The summed E-state index contributed by atoms with van der Waals surface area (Å²) >= 11 is 0. The lowest BCUT2D eigenvalue weighted by atomic mass is 9.60. The molecule has 4 fully saturated rings. The number of hydrogen-bond acceptors (Lipinski definition) is 1. The SMILES string of the molecule is [B]c1ccc(C)cc1CNC12CC3CC4CC1(C2)C4C3. The van der Waals surface area contributed by atoms with Crippen LogP contribution in [0.3, 0.4) is 0 Å². The van der Waals surface area contributed by atoms with Crippen molar-refractivity contribution >= 4 is 13.3 Å². The lowest BCUT2D eigenvalue weighted by molar-refractivity contribution is 0.0365. The van der Waals surface area contributed by atoms with Crippen LogP contribution in [-0.4, -0.2) is 13.4 Å². The first-order chi connectivity index (χ1) is 9.62. The van der Waals surface area contributed by atoms with Crippen LogP contribution in [0, 0.1) is 30.1 Å². The van der Waals surface area contributed by atoms with Crippen molar-refractivity contribution in [3.63, 3.8) is 0 Å². The summed E-state index contributed by atoms with van der Waals surface area (Å²) in [4.78, 5) is 0. The van der Waals surface area contributed by atoms with E-state index in [-0.39, 0.29) is 0 Å². The topological polar surface area (TPSA) is 12.0 Å². The smallest absolute Gasteiger partial charge is 0.114 e. The van der Waals surface area contributed by atoms with Crippen LogP contribution in [0.1, 0.15) is 43.2 Å². The largest absolute Gasteiger partial charge is 0.307 e. The van der Waals surface area contributed by atoms with Crippen LogP contribution >= 0.6 is 0 Å². The predicted molar refractivity (Wildman–Crippen MR) is 82.1 cm³/mol. The molecule has 1 spiro atoms. The highest BCUT2D eigenvalue weighted by Gasteiger charge is 2.80. The van der Waals surface area contributed by atoms with Crippen LogP contribution in [0.25, 0.3) is 0 Å². The molecule has 4 aliphatic carbocycles. The molecular formula is C18H22BN. The Labute approximate surface area is 122 Å². The van der Waals surface area contributed by atoms with E-state index in [0.29, 0.717) is 11.0 Å². The Morgan fingerprint density at radius 2 is 2.20 bits per heavy atom. The summed E-state index contributed by atoms with van der Waals surface area (Å²) in [5.74, 6) is 3.18. The molecule has 1 aromatic rings. The van der Waals surface area contributed by atoms with Crippen LogP contribution in [0.4, 0.5) is 0 Å². The zero-order valence-electron chi connectivity index (χ0n) is 12.3. The molecule has 102 valence electrons. The van der Waals surface area contributed by atoms with Gasteiger partial charge in [-0.2, -0.15) is 0 Å². The van der Waals surface area contributed by atoms with Crippen molar-refractivity contribution < 1.29 is 0 Å². The summed E-state index contributed by atoms with van der Waals surface area (Å²) in [5, 5.41) is 3.96. The van der Waals surface area contributed by atoms with Gasteiger partial charge in [0.2, 0.25) is 0 Å². The molecule has 0 heterocycles. The minimum atomic E-state index is 0.490. The third-order valence-corrected chi connectivity index (χ3v) is 7.13. The van der Waals surface area contributed by atoms with Crippen molar-refractivity contribution in [3.8, 4) is 0 Å². The van der Waals surface area contributed by atoms with E-state index < -0.39 is 0 Å². The van der Waals surface area contributed by atoms with Crippen LogP contribution in [0.5, 0.6) is 0 Å². The van der Waals surface area contributed by atoms with Gasteiger partial charge in [0.05, 0.1) is 0 Å². The molecule has 0 aliphatic heterocycles. The Kier molecular flexibility index (Phi) is 2.09. The van der Waals surface area contributed by atoms with Crippen LogP contribution in [0.15, 0.2) is 18.2 Å². The second-order valence-electron chi connectivity index (χ2n) is 8.08. The zero-order valence-corrected chi connectivity index (χ0v) is 12.3. The maximum atomic E-state index is 6.13. The van der Waals surface area contributed by atoms with Crippen molar-refractivity contribution in [1.29, 1.82) is 0 Å². The molecule has 4 saturated carbocycles. The first-order valence-corrected chi connectivity index (χ1v) is 8.22. The number of rotatable bonds is 3. The molecule has 20 heavy (non-hydrogen) atoms. The van der Waals surface area contributed by atoms with Gasteiger partial charge in [-0.15, -0.1) is 0 Å².